The van der Waals surface area contributed by atoms with Gasteiger partial charge in [0.15, 0.2) is 0 Å². The Hall–Kier alpha value is -0.787. The molecule has 3 heteroatoms. The summed E-state index contributed by atoms with van der Waals surface area (Å²) in [7, 11) is 0. The van der Waals surface area contributed by atoms with Crippen LogP contribution in [0.15, 0.2) is 52.3 Å². The van der Waals surface area contributed by atoms with Gasteiger partial charge >= 0.3 is 0 Å². The van der Waals surface area contributed by atoms with E-state index in [4.69, 9.17) is 0 Å². The fraction of sp³-hybridized carbons (Fsp3) is 0. The molecule has 70 valence electrons. The first-order valence-corrected chi connectivity index (χ1v) is 5.30. The van der Waals surface area contributed by atoms with Gasteiger partial charge in [0.05, 0.1) is 0 Å². The maximum Gasteiger partial charge on any atom is 0.0498 e. The standard InChI is InChI=1S/C12H8NS.Zn/c1-3-7-11-9(5-1)13-10-6-2-4-8-12(10)14-11;/h1-5,7-8,13H;/q-1;. The van der Waals surface area contributed by atoms with Crippen molar-refractivity contribution < 1.29 is 19.5 Å². The molecule has 3 rings (SSSR count). The molecule has 0 spiro atoms. The van der Waals surface area contributed by atoms with Crippen molar-refractivity contribution in [3.63, 3.8) is 0 Å². The SMILES string of the molecule is [Zn].[c-]1cccc2c1Nc1ccccc1S2. The van der Waals surface area contributed by atoms with Crippen molar-refractivity contribution in [2.45, 2.75) is 9.79 Å². The van der Waals surface area contributed by atoms with Gasteiger partial charge in [0.2, 0.25) is 0 Å². The molecule has 1 N–H and O–H groups in total. The van der Waals surface area contributed by atoms with Gasteiger partial charge in [0, 0.05) is 30.1 Å². The van der Waals surface area contributed by atoms with Crippen LogP contribution in [0.2, 0.25) is 0 Å². The van der Waals surface area contributed by atoms with Gasteiger partial charge in [-0.2, -0.15) is 36.0 Å². The number of hydrogen-bond donors (Lipinski definition) is 1. The first-order valence-electron chi connectivity index (χ1n) is 4.48. The molecule has 2 aromatic rings. The minimum Gasteiger partial charge on any atom is -0.377 e. The third-order valence-corrected chi connectivity index (χ3v) is 3.32. The molecular formula is C12H8NSZn-. The van der Waals surface area contributed by atoms with Crippen molar-refractivity contribution in [1.82, 2.24) is 0 Å². The largest absolute Gasteiger partial charge is 0.377 e. The summed E-state index contributed by atoms with van der Waals surface area (Å²) in [5, 5.41) is 3.36. The zero-order chi connectivity index (χ0) is 9.38. The van der Waals surface area contributed by atoms with Gasteiger partial charge in [0.25, 0.3) is 0 Å². The molecule has 0 saturated carbocycles. The van der Waals surface area contributed by atoms with Gasteiger partial charge in [-0.3, -0.25) is 0 Å². The Morgan fingerprint density at radius 1 is 1.00 bits per heavy atom. The summed E-state index contributed by atoms with van der Waals surface area (Å²) in [5.74, 6) is 0. The van der Waals surface area contributed by atoms with Crippen molar-refractivity contribution in [3.8, 4) is 0 Å². The second kappa shape index (κ2) is 4.38. The van der Waals surface area contributed by atoms with E-state index in [1.807, 2.05) is 18.2 Å². The molecule has 0 bridgehead atoms. The molecule has 0 atom stereocenters. The maximum absolute atomic E-state index is 3.36. The average Bonchev–Trinajstić information content (AvgIpc) is 2.26. The van der Waals surface area contributed by atoms with Gasteiger partial charge in [-0.05, 0) is 12.1 Å². The summed E-state index contributed by atoms with van der Waals surface area (Å²) in [6.07, 6.45) is 0. The van der Waals surface area contributed by atoms with Gasteiger partial charge in [-0.25, -0.2) is 0 Å². The van der Waals surface area contributed by atoms with Gasteiger partial charge in [-0.1, -0.05) is 22.7 Å². The summed E-state index contributed by atoms with van der Waals surface area (Å²) < 4.78 is 0. The van der Waals surface area contributed by atoms with Crippen molar-refractivity contribution in [2.24, 2.45) is 0 Å². The number of benzene rings is 2. The molecule has 0 amide bonds. The monoisotopic (exact) mass is 262 g/mol. The van der Waals surface area contributed by atoms with Crippen molar-refractivity contribution >= 4 is 23.1 Å². The number of rotatable bonds is 0. The van der Waals surface area contributed by atoms with Gasteiger partial charge in [0.1, 0.15) is 0 Å². The Balaban J connectivity index is 0.000000853. The van der Waals surface area contributed by atoms with E-state index in [-0.39, 0.29) is 19.5 Å². The molecule has 0 fully saturated rings. The van der Waals surface area contributed by atoms with Crippen LogP contribution < -0.4 is 5.32 Å². The Morgan fingerprint density at radius 3 is 2.73 bits per heavy atom. The van der Waals surface area contributed by atoms with Crippen LogP contribution in [0.3, 0.4) is 0 Å². The van der Waals surface area contributed by atoms with Crippen molar-refractivity contribution in [2.75, 3.05) is 5.32 Å². The van der Waals surface area contributed by atoms with Gasteiger partial charge < -0.3 is 5.32 Å². The molecule has 15 heavy (non-hydrogen) atoms. The molecule has 1 heterocycles. The van der Waals surface area contributed by atoms with Gasteiger partial charge in [-0.15, -0.1) is 0 Å². The average molecular weight is 264 g/mol. The predicted octanol–water partition coefficient (Wildman–Crippen LogP) is 3.69. The number of hydrogen-bond acceptors (Lipinski definition) is 2. The molecule has 1 aliphatic rings. The first kappa shape index (κ1) is 10.7. The van der Waals surface area contributed by atoms with Crippen LogP contribution in [0.5, 0.6) is 0 Å². The molecule has 2 aromatic carbocycles. The fourth-order valence-corrected chi connectivity index (χ4v) is 2.49. The number of anilines is 2. The third-order valence-electron chi connectivity index (χ3n) is 2.18. The minimum absolute atomic E-state index is 0. The summed E-state index contributed by atoms with van der Waals surface area (Å²) in [5.41, 5.74) is 2.25. The Morgan fingerprint density at radius 2 is 1.80 bits per heavy atom. The number of fused-ring (bicyclic) bond motifs is 2. The van der Waals surface area contributed by atoms with E-state index in [0.717, 1.165) is 5.69 Å². The van der Waals surface area contributed by atoms with Crippen molar-refractivity contribution in [1.29, 1.82) is 0 Å². The summed E-state index contributed by atoms with van der Waals surface area (Å²) in [6.45, 7) is 0. The minimum atomic E-state index is 0. The predicted molar refractivity (Wildman–Crippen MR) is 59.1 cm³/mol. The molecule has 0 saturated heterocycles. The Kier molecular flexibility index (Phi) is 3.13. The fourth-order valence-electron chi connectivity index (χ4n) is 1.52. The van der Waals surface area contributed by atoms with Crippen molar-refractivity contribution in [3.05, 3.63) is 48.5 Å². The molecular weight excluding hydrogens is 256 g/mol. The van der Waals surface area contributed by atoms with E-state index in [0.29, 0.717) is 0 Å². The van der Waals surface area contributed by atoms with Crippen LogP contribution >= 0.6 is 11.8 Å². The second-order valence-corrected chi connectivity index (χ2v) is 4.22. The number of nitrogens with one attached hydrogen (secondary N) is 1. The van der Waals surface area contributed by atoms with E-state index in [1.165, 1.54) is 15.5 Å². The molecule has 0 unspecified atom stereocenters. The molecule has 0 radical (unpaired) electrons. The molecule has 0 aliphatic carbocycles. The topological polar surface area (TPSA) is 12.0 Å². The van der Waals surface area contributed by atoms with Crippen LogP contribution in [0.4, 0.5) is 11.4 Å². The smallest absolute Gasteiger partial charge is 0.0498 e. The molecule has 0 aromatic heterocycles. The number of para-hydroxylation sites is 2. The normalized spacial score (nSPS) is 11.7. The van der Waals surface area contributed by atoms with E-state index in [2.05, 4.69) is 35.6 Å². The quantitative estimate of drug-likeness (QED) is 0.490. The molecule has 1 aliphatic heterocycles. The summed E-state index contributed by atoms with van der Waals surface area (Å²) in [6, 6.07) is 17.6. The summed E-state index contributed by atoms with van der Waals surface area (Å²) >= 11 is 1.79. The van der Waals surface area contributed by atoms with E-state index >= 15 is 0 Å². The van der Waals surface area contributed by atoms with E-state index in [1.54, 1.807) is 11.8 Å². The van der Waals surface area contributed by atoms with E-state index < -0.39 is 0 Å². The third kappa shape index (κ3) is 1.95. The zero-order valence-corrected chi connectivity index (χ0v) is 11.9. The zero-order valence-electron chi connectivity index (χ0n) is 8.16. The maximum atomic E-state index is 3.36. The van der Waals surface area contributed by atoms with Crippen LogP contribution in [0, 0.1) is 6.07 Å². The Bertz CT molecular complexity index is 397. The van der Waals surface area contributed by atoms with Crippen LogP contribution in [0.25, 0.3) is 0 Å². The van der Waals surface area contributed by atoms with Crippen LogP contribution in [0.1, 0.15) is 0 Å². The Labute approximate surface area is 106 Å². The second-order valence-electron chi connectivity index (χ2n) is 3.13. The van der Waals surface area contributed by atoms with E-state index in [9.17, 15) is 0 Å². The first-order chi connectivity index (χ1) is 6.93. The van der Waals surface area contributed by atoms with Crippen LogP contribution in [-0.4, -0.2) is 0 Å². The van der Waals surface area contributed by atoms with Crippen LogP contribution in [-0.2, 0) is 19.5 Å². The summed E-state index contributed by atoms with van der Waals surface area (Å²) in [4.78, 5) is 2.52. The molecule has 1 nitrogen and oxygen atoms in total.